The van der Waals surface area contributed by atoms with E-state index in [1.165, 1.54) is 24.1 Å². The zero-order valence-electron chi connectivity index (χ0n) is 18.6. The quantitative estimate of drug-likeness (QED) is 0.493. The molecule has 0 fully saturated rings. The molecule has 0 atom stereocenters. The van der Waals surface area contributed by atoms with E-state index < -0.39 is 17.5 Å². The van der Waals surface area contributed by atoms with Gasteiger partial charge in [0.2, 0.25) is 5.88 Å². The predicted molar refractivity (Wildman–Crippen MR) is 121 cm³/mol. The number of halogens is 2. The molecule has 0 bridgehead atoms. The number of hydrogen-bond donors (Lipinski definition) is 0. The van der Waals surface area contributed by atoms with Crippen LogP contribution in [0, 0.1) is 5.82 Å². The van der Waals surface area contributed by atoms with E-state index in [0.29, 0.717) is 34.0 Å². The second kappa shape index (κ2) is 9.56. The van der Waals surface area contributed by atoms with Crippen LogP contribution >= 0.6 is 11.6 Å². The Morgan fingerprint density at radius 2 is 1.97 bits per heavy atom. The lowest BCUT2D eigenvalue weighted by atomic mass is 10.1. The number of aromatic nitrogens is 2. The summed E-state index contributed by atoms with van der Waals surface area (Å²) in [5, 5.41) is 0.868. The van der Waals surface area contributed by atoms with Gasteiger partial charge in [0.25, 0.3) is 0 Å². The van der Waals surface area contributed by atoms with Gasteiger partial charge < -0.3 is 19.1 Å². The van der Waals surface area contributed by atoms with Crippen molar-refractivity contribution >= 4 is 28.6 Å². The van der Waals surface area contributed by atoms with E-state index in [4.69, 9.17) is 25.8 Å². The smallest absolute Gasteiger partial charge is 0.410 e. The molecule has 2 heterocycles. The molecule has 7 nitrogen and oxygen atoms in total. The van der Waals surface area contributed by atoms with Crippen LogP contribution in [0.5, 0.6) is 11.6 Å². The molecule has 0 radical (unpaired) electrons. The van der Waals surface area contributed by atoms with Gasteiger partial charge in [0, 0.05) is 36.3 Å². The first-order chi connectivity index (χ1) is 15.1. The number of methoxy groups -OCH3 is 1. The van der Waals surface area contributed by atoms with Crippen molar-refractivity contribution in [1.82, 2.24) is 14.9 Å². The van der Waals surface area contributed by atoms with Crippen LogP contribution in [-0.4, -0.2) is 53.9 Å². The maximum absolute atomic E-state index is 14.0. The highest BCUT2D eigenvalue weighted by Gasteiger charge is 2.19. The summed E-state index contributed by atoms with van der Waals surface area (Å²) in [6, 6.07) is 7.96. The number of benzene rings is 1. The van der Waals surface area contributed by atoms with E-state index in [2.05, 4.69) is 9.97 Å². The normalized spacial score (nSPS) is 11.3. The fraction of sp³-hybridized carbons (Fsp3) is 0.348. The molecule has 0 unspecified atom stereocenters. The van der Waals surface area contributed by atoms with Gasteiger partial charge in [0.15, 0.2) is 11.6 Å². The Morgan fingerprint density at radius 1 is 1.22 bits per heavy atom. The number of pyridine rings is 2. The summed E-state index contributed by atoms with van der Waals surface area (Å²) >= 11 is 6.34. The lowest BCUT2D eigenvalue weighted by molar-refractivity contribution is 0.0277. The summed E-state index contributed by atoms with van der Waals surface area (Å²) in [5.74, 6) is -0.00432. The van der Waals surface area contributed by atoms with Gasteiger partial charge in [0.1, 0.15) is 12.2 Å². The molecule has 3 aromatic rings. The second-order valence-electron chi connectivity index (χ2n) is 8.13. The lowest BCUT2D eigenvalue weighted by Gasteiger charge is -2.24. The molecule has 2 aromatic heterocycles. The Balaban J connectivity index is 1.67. The molecule has 0 aliphatic carbocycles. The monoisotopic (exact) mass is 461 g/mol. The molecule has 9 heteroatoms. The third kappa shape index (κ3) is 5.76. The Kier molecular flexibility index (Phi) is 7.03. The van der Waals surface area contributed by atoms with Crippen molar-refractivity contribution in [3.63, 3.8) is 0 Å². The Morgan fingerprint density at radius 3 is 2.59 bits per heavy atom. The highest BCUT2D eigenvalue weighted by Crippen LogP contribution is 2.32. The minimum atomic E-state index is -0.553. The zero-order chi connectivity index (χ0) is 23.5. The van der Waals surface area contributed by atoms with E-state index in [1.807, 2.05) is 20.8 Å². The minimum absolute atomic E-state index is 0.0939. The zero-order valence-corrected chi connectivity index (χ0v) is 19.4. The van der Waals surface area contributed by atoms with Gasteiger partial charge in [0.05, 0.1) is 29.9 Å². The van der Waals surface area contributed by atoms with Gasteiger partial charge in [-0.1, -0.05) is 11.6 Å². The number of nitrogens with zero attached hydrogens (tertiary/aromatic N) is 3. The van der Waals surface area contributed by atoms with Gasteiger partial charge in [-0.05, 0) is 39.0 Å². The van der Waals surface area contributed by atoms with Crippen LogP contribution in [0.2, 0.25) is 5.02 Å². The molecule has 1 aromatic carbocycles. The first-order valence-electron chi connectivity index (χ1n) is 9.94. The fourth-order valence-electron chi connectivity index (χ4n) is 2.83. The van der Waals surface area contributed by atoms with E-state index in [-0.39, 0.29) is 12.4 Å². The highest BCUT2D eigenvalue weighted by atomic mass is 35.5. The molecule has 170 valence electrons. The average Bonchev–Trinajstić information content (AvgIpc) is 2.73. The third-order valence-corrected chi connectivity index (χ3v) is 4.76. The maximum atomic E-state index is 14.0. The molecule has 0 saturated heterocycles. The second-order valence-corrected chi connectivity index (χ2v) is 8.54. The van der Waals surface area contributed by atoms with Gasteiger partial charge in [-0.25, -0.2) is 19.2 Å². The van der Waals surface area contributed by atoms with Gasteiger partial charge in [-0.2, -0.15) is 0 Å². The number of rotatable bonds is 6. The largest absolute Gasteiger partial charge is 0.494 e. The summed E-state index contributed by atoms with van der Waals surface area (Å²) in [4.78, 5) is 22.2. The van der Waals surface area contributed by atoms with E-state index in [9.17, 15) is 9.18 Å². The fourth-order valence-corrected chi connectivity index (χ4v) is 3.08. The van der Waals surface area contributed by atoms with Crippen LogP contribution in [0.1, 0.15) is 20.8 Å². The van der Waals surface area contributed by atoms with Crippen LogP contribution < -0.4 is 9.47 Å². The molecule has 32 heavy (non-hydrogen) atoms. The van der Waals surface area contributed by atoms with Crippen LogP contribution in [0.25, 0.3) is 22.2 Å². The summed E-state index contributed by atoms with van der Waals surface area (Å²) in [6.07, 6.45) is 1.19. The SMILES string of the molecule is COc1cc2nc(-c3ccc(OCCN(C)C(=O)OC(C)(C)C)nc3)cc(Cl)c2cc1F. The van der Waals surface area contributed by atoms with Gasteiger partial charge in [-0.15, -0.1) is 0 Å². The van der Waals surface area contributed by atoms with Crippen LogP contribution in [0.4, 0.5) is 9.18 Å². The number of carbonyl (C=O) groups is 1. The lowest BCUT2D eigenvalue weighted by Crippen LogP contribution is -2.36. The van der Waals surface area contributed by atoms with Crippen molar-refractivity contribution in [3.05, 3.63) is 47.4 Å². The van der Waals surface area contributed by atoms with E-state index in [0.717, 1.165) is 5.56 Å². The molecule has 0 aliphatic rings. The Bertz CT molecular complexity index is 1120. The number of amides is 1. The van der Waals surface area contributed by atoms with Crippen molar-refractivity contribution in [2.24, 2.45) is 0 Å². The van der Waals surface area contributed by atoms with Crippen molar-refractivity contribution < 1.29 is 23.4 Å². The van der Waals surface area contributed by atoms with Crippen molar-refractivity contribution in [2.75, 3.05) is 27.3 Å². The molecule has 3 rings (SSSR count). The summed E-state index contributed by atoms with van der Waals surface area (Å²) in [7, 11) is 3.04. The summed E-state index contributed by atoms with van der Waals surface area (Å²) < 4.78 is 29.9. The highest BCUT2D eigenvalue weighted by molar-refractivity contribution is 6.35. The van der Waals surface area contributed by atoms with Crippen molar-refractivity contribution in [3.8, 4) is 22.9 Å². The van der Waals surface area contributed by atoms with Gasteiger partial charge >= 0.3 is 6.09 Å². The number of likely N-dealkylation sites (N-methyl/N-ethyl adjacent to an activating group) is 1. The standard InChI is InChI=1S/C23H25ClFN3O4/c1-23(2,3)32-22(29)28(4)8-9-31-21-7-6-14(13-26-21)18-11-16(24)15-10-17(25)20(30-5)12-19(15)27-18/h6-7,10-13H,8-9H2,1-5H3. The van der Waals surface area contributed by atoms with Crippen LogP contribution in [0.15, 0.2) is 36.5 Å². The maximum Gasteiger partial charge on any atom is 0.410 e. The summed E-state index contributed by atoms with van der Waals surface area (Å²) in [6.45, 7) is 6.04. The molecule has 1 amide bonds. The Hall–Kier alpha value is -3.13. The Labute approximate surface area is 191 Å². The van der Waals surface area contributed by atoms with Crippen LogP contribution in [0.3, 0.4) is 0 Å². The van der Waals surface area contributed by atoms with E-state index in [1.54, 1.807) is 31.4 Å². The van der Waals surface area contributed by atoms with Gasteiger partial charge in [-0.3, -0.25) is 0 Å². The number of carbonyl (C=O) groups excluding carboxylic acids is 1. The number of fused-ring (bicyclic) bond motifs is 1. The third-order valence-electron chi connectivity index (χ3n) is 4.45. The molecule has 0 spiro atoms. The topological polar surface area (TPSA) is 73.8 Å². The summed E-state index contributed by atoms with van der Waals surface area (Å²) in [5.41, 5.74) is 1.26. The first kappa shape index (κ1) is 23.5. The van der Waals surface area contributed by atoms with E-state index >= 15 is 0 Å². The molecule has 0 N–H and O–H groups in total. The molecule has 0 aliphatic heterocycles. The minimum Gasteiger partial charge on any atom is -0.494 e. The van der Waals surface area contributed by atoms with Crippen molar-refractivity contribution in [1.29, 1.82) is 0 Å². The number of hydrogen-bond acceptors (Lipinski definition) is 6. The molecule has 0 saturated carbocycles. The molecular formula is C23H25ClFN3O4. The number of ether oxygens (including phenoxy) is 3. The molecular weight excluding hydrogens is 437 g/mol. The van der Waals surface area contributed by atoms with Crippen LogP contribution in [-0.2, 0) is 4.74 Å². The average molecular weight is 462 g/mol. The van der Waals surface area contributed by atoms with Crippen molar-refractivity contribution in [2.45, 2.75) is 26.4 Å². The predicted octanol–water partition coefficient (Wildman–Crippen LogP) is 5.34. The first-order valence-corrected chi connectivity index (χ1v) is 10.3.